The molecule has 0 amide bonds. The van der Waals surface area contributed by atoms with E-state index in [0.29, 0.717) is 6.04 Å². The number of ether oxygens (including phenoxy) is 1. The molecular weight excluding hydrogens is 232 g/mol. The van der Waals surface area contributed by atoms with Gasteiger partial charge in [0.2, 0.25) is 0 Å². The molecule has 0 atom stereocenters. The smallest absolute Gasteiger partial charge is 0.178 e. The van der Waals surface area contributed by atoms with E-state index in [4.69, 9.17) is 17.0 Å². The Hall–Kier alpha value is -1.29. The third kappa shape index (κ3) is 1.59. The maximum absolute atomic E-state index is 5.43. The lowest BCUT2D eigenvalue weighted by atomic mass is 9.81. The van der Waals surface area contributed by atoms with E-state index in [0.717, 1.165) is 27.5 Å². The topological polar surface area (TPSA) is 29.9 Å². The van der Waals surface area contributed by atoms with Crippen molar-refractivity contribution in [2.45, 2.75) is 25.8 Å². The molecule has 17 heavy (non-hydrogen) atoms. The molecule has 1 aliphatic rings. The van der Waals surface area contributed by atoms with Gasteiger partial charge in [-0.05, 0) is 43.1 Å². The van der Waals surface area contributed by atoms with E-state index in [1.807, 2.05) is 12.1 Å². The van der Waals surface area contributed by atoms with Crippen molar-refractivity contribution >= 4 is 23.3 Å². The monoisotopic (exact) mass is 248 g/mol. The number of hydrogen-bond donors (Lipinski definition) is 1. The molecule has 3 nitrogen and oxygen atoms in total. The van der Waals surface area contributed by atoms with Gasteiger partial charge in [-0.25, -0.2) is 0 Å². The normalized spacial score (nSPS) is 23.6. The maximum atomic E-state index is 5.43. The van der Waals surface area contributed by atoms with Gasteiger partial charge in [-0.1, -0.05) is 13.0 Å². The molecule has 0 aliphatic heterocycles. The standard InChI is InChI=1S/C13H16N2OS/c1-8-6-9(7-8)15-10-4-3-5-11(16-2)12(10)14-13(15)17/h3-5,8-9H,6-7H2,1-2H3,(H,14,17). The first-order valence-electron chi connectivity index (χ1n) is 5.98. The summed E-state index contributed by atoms with van der Waals surface area (Å²) in [4.78, 5) is 3.26. The van der Waals surface area contributed by atoms with Crippen LogP contribution in [0.15, 0.2) is 18.2 Å². The van der Waals surface area contributed by atoms with E-state index < -0.39 is 0 Å². The van der Waals surface area contributed by atoms with Crippen molar-refractivity contribution in [3.05, 3.63) is 23.0 Å². The number of hydrogen-bond acceptors (Lipinski definition) is 2. The number of nitrogens with one attached hydrogen (secondary N) is 1. The number of aromatic amines is 1. The second-order valence-corrected chi connectivity index (χ2v) is 5.27. The molecule has 2 aromatic rings. The number of nitrogens with zero attached hydrogens (tertiary/aromatic N) is 1. The Kier molecular flexibility index (Phi) is 2.47. The molecule has 0 radical (unpaired) electrons. The van der Waals surface area contributed by atoms with Gasteiger partial charge in [-0.15, -0.1) is 0 Å². The molecule has 90 valence electrons. The van der Waals surface area contributed by atoms with Crippen LogP contribution in [0.2, 0.25) is 0 Å². The quantitative estimate of drug-likeness (QED) is 0.822. The number of benzene rings is 1. The number of methoxy groups -OCH3 is 1. The van der Waals surface area contributed by atoms with Crippen LogP contribution in [-0.4, -0.2) is 16.7 Å². The molecule has 1 aromatic heterocycles. The summed E-state index contributed by atoms with van der Waals surface area (Å²) in [5, 5.41) is 0. The highest BCUT2D eigenvalue weighted by molar-refractivity contribution is 7.71. The van der Waals surface area contributed by atoms with Crippen LogP contribution in [0, 0.1) is 10.7 Å². The van der Waals surface area contributed by atoms with Crippen LogP contribution in [0.25, 0.3) is 11.0 Å². The first-order valence-corrected chi connectivity index (χ1v) is 6.38. The zero-order chi connectivity index (χ0) is 12.0. The minimum Gasteiger partial charge on any atom is -0.494 e. The molecular formula is C13H16N2OS. The predicted octanol–water partition coefficient (Wildman–Crippen LogP) is 3.68. The Morgan fingerprint density at radius 1 is 1.41 bits per heavy atom. The molecule has 0 unspecified atom stereocenters. The highest BCUT2D eigenvalue weighted by Crippen LogP contribution is 2.40. The highest BCUT2D eigenvalue weighted by Gasteiger charge is 2.28. The van der Waals surface area contributed by atoms with E-state index in [2.05, 4.69) is 22.5 Å². The van der Waals surface area contributed by atoms with Crippen molar-refractivity contribution in [1.29, 1.82) is 0 Å². The summed E-state index contributed by atoms with van der Waals surface area (Å²) in [7, 11) is 1.69. The van der Waals surface area contributed by atoms with Gasteiger partial charge in [0, 0.05) is 6.04 Å². The van der Waals surface area contributed by atoms with Gasteiger partial charge in [0.15, 0.2) is 4.77 Å². The first kappa shape index (κ1) is 10.8. The lowest BCUT2D eigenvalue weighted by Gasteiger charge is -2.34. The number of H-pyrrole nitrogens is 1. The second-order valence-electron chi connectivity index (χ2n) is 4.88. The predicted molar refractivity (Wildman–Crippen MR) is 71.1 cm³/mol. The van der Waals surface area contributed by atoms with Crippen molar-refractivity contribution in [3.8, 4) is 5.75 Å². The average molecular weight is 248 g/mol. The van der Waals surface area contributed by atoms with Crippen LogP contribution < -0.4 is 4.74 Å². The zero-order valence-corrected chi connectivity index (χ0v) is 10.9. The minimum atomic E-state index is 0.554. The number of rotatable bonds is 2. The average Bonchev–Trinajstić information content (AvgIpc) is 2.60. The molecule has 0 bridgehead atoms. The Morgan fingerprint density at radius 3 is 2.82 bits per heavy atom. The van der Waals surface area contributed by atoms with E-state index in [9.17, 15) is 0 Å². The van der Waals surface area contributed by atoms with Crippen molar-refractivity contribution in [1.82, 2.24) is 9.55 Å². The number of imidazole rings is 1. The molecule has 0 saturated heterocycles. The lowest BCUT2D eigenvalue weighted by Crippen LogP contribution is -2.24. The molecule has 1 N–H and O–H groups in total. The van der Waals surface area contributed by atoms with Crippen LogP contribution >= 0.6 is 12.2 Å². The Balaban J connectivity index is 2.18. The van der Waals surface area contributed by atoms with Crippen LogP contribution in [0.3, 0.4) is 0 Å². The van der Waals surface area contributed by atoms with Crippen molar-refractivity contribution in [3.63, 3.8) is 0 Å². The Bertz CT molecular complexity index is 607. The van der Waals surface area contributed by atoms with Gasteiger partial charge in [0.1, 0.15) is 11.3 Å². The van der Waals surface area contributed by atoms with E-state index in [-0.39, 0.29) is 0 Å². The first-order chi connectivity index (χ1) is 8.20. The molecule has 0 spiro atoms. The fraction of sp³-hybridized carbons (Fsp3) is 0.462. The molecule has 1 aliphatic carbocycles. The SMILES string of the molecule is COc1cccc2c1[nH]c(=S)n2C1CC(C)C1. The van der Waals surface area contributed by atoms with Gasteiger partial charge >= 0.3 is 0 Å². The van der Waals surface area contributed by atoms with Crippen LogP contribution in [0.4, 0.5) is 0 Å². The van der Waals surface area contributed by atoms with E-state index in [1.54, 1.807) is 7.11 Å². The summed E-state index contributed by atoms with van der Waals surface area (Å²) < 4.78 is 8.41. The van der Waals surface area contributed by atoms with Gasteiger partial charge in [0.25, 0.3) is 0 Å². The van der Waals surface area contributed by atoms with Gasteiger partial charge in [0.05, 0.1) is 12.6 Å². The second kappa shape index (κ2) is 3.88. The van der Waals surface area contributed by atoms with E-state index in [1.165, 1.54) is 12.8 Å². The number of aromatic nitrogens is 2. The highest BCUT2D eigenvalue weighted by atomic mass is 32.1. The molecule has 1 heterocycles. The lowest BCUT2D eigenvalue weighted by molar-refractivity contribution is 0.219. The summed E-state index contributed by atoms with van der Waals surface area (Å²) in [6, 6.07) is 6.63. The molecule has 1 fully saturated rings. The maximum Gasteiger partial charge on any atom is 0.178 e. The van der Waals surface area contributed by atoms with Gasteiger partial charge < -0.3 is 14.3 Å². The largest absolute Gasteiger partial charge is 0.494 e. The van der Waals surface area contributed by atoms with Crippen LogP contribution in [0.1, 0.15) is 25.8 Å². The summed E-state index contributed by atoms with van der Waals surface area (Å²) in [6.45, 7) is 2.29. The summed E-state index contributed by atoms with van der Waals surface area (Å²) in [5.41, 5.74) is 2.17. The van der Waals surface area contributed by atoms with E-state index >= 15 is 0 Å². The Labute approximate surface area is 105 Å². The number of para-hydroxylation sites is 1. The molecule has 4 heteroatoms. The number of fused-ring (bicyclic) bond motifs is 1. The molecule has 1 saturated carbocycles. The van der Waals surface area contributed by atoms with Crippen molar-refractivity contribution in [2.75, 3.05) is 7.11 Å². The fourth-order valence-electron chi connectivity index (χ4n) is 2.73. The summed E-state index contributed by atoms with van der Waals surface area (Å²) in [6.07, 6.45) is 2.44. The zero-order valence-electron chi connectivity index (χ0n) is 10.1. The van der Waals surface area contributed by atoms with Crippen molar-refractivity contribution in [2.24, 2.45) is 5.92 Å². The fourth-order valence-corrected chi connectivity index (χ4v) is 3.08. The molecule has 3 rings (SSSR count). The van der Waals surface area contributed by atoms with Gasteiger partial charge in [-0.2, -0.15) is 0 Å². The van der Waals surface area contributed by atoms with Gasteiger partial charge in [-0.3, -0.25) is 0 Å². The summed E-state index contributed by atoms with van der Waals surface area (Å²) >= 11 is 5.43. The third-order valence-electron chi connectivity index (χ3n) is 3.65. The van der Waals surface area contributed by atoms with Crippen molar-refractivity contribution < 1.29 is 4.74 Å². The third-order valence-corrected chi connectivity index (χ3v) is 3.95. The Morgan fingerprint density at radius 2 is 2.18 bits per heavy atom. The summed E-state index contributed by atoms with van der Waals surface area (Å²) in [5.74, 6) is 1.68. The van der Waals surface area contributed by atoms with Crippen LogP contribution in [0.5, 0.6) is 5.75 Å². The molecule has 1 aromatic carbocycles. The minimum absolute atomic E-state index is 0.554. The van der Waals surface area contributed by atoms with Crippen LogP contribution in [-0.2, 0) is 0 Å².